The molecule has 1 unspecified atom stereocenters. The number of aromatic hydroxyl groups is 1. The van der Waals surface area contributed by atoms with Crippen molar-refractivity contribution in [3.8, 4) is 46.3 Å². The first kappa shape index (κ1) is 44.3. The van der Waals surface area contributed by atoms with Crippen LogP contribution in [0.25, 0.3) is 0 Å². The predicted molar refractivity (Wildman–Crippen MR) is 234 cm³/mol. The lowest BCUT2D eigenvalue weighted by Gasteiger charge is -2.62. The van der Waals surface area contributed by atoms with Crippen LogP contribution in [0.15, 0.2) is 30.9 Å². The summed E-state index contributed by atoms with van der Waals surface area (Å²) in [7, 11) is 4.92. The van der Waals surface area contributed by atoms with Crippen molar-refractivity contribution < 1.29 is 62.1 Å². The zero-order valence-corrected chi connectivity index (χ0v) is 38.3. The third kappa shape index (κ3) is 7.05. The lowest BCUT2D eigenvalue weighted by molar-refractivity contribution is -0.157. The van der Waals surface area contributed by atoms with Gasteiger partial charge in [-0.1, -0.05) is 18.7 Å². The highest BCUT2D eigenvalue weighted by Crippen LogP contribution is 2.64. The number of carbonyl (C=O) groups is 3. The minimum Gasteiger partial charge on any atom is -0.504 e. The van der Waals surface area contributed by atoms with Crippen LogP contribution in [0.2, 0.25) is 0 Å². The molecule has 1 spiro atoms. The van der Waals surface area contributed by atoms with Gasteiger partial charge < -0.3 is 47.7 Å². The number of ether oxygens (including phenoxy) is 9. The molecule has 0 aliphatic carbocycles. The van der Waals surface area contributed by atoms with Crippen LogP contribution in [0.5, 0.6) is 40.2 Å². The summed E-state index contributed by atoms with van der Waals surface area (Å²) in [6.07, 6.45) is 0.472. The number of hydrogen-bond acceptors (Lipinski definition) is 18. The minimum absolute atomic E-state index is 0.0000326. The Morgan fingerprint density at radius 2 is 1.80 bits per heavy atom. The molecule has 7 aliphatic heterocycles. The third-order valence-electron chi connectivity index (χ3n) is 13.3. The maximum atomic E-state index is 15.1. The molecule has 0 aromatic heterocycles. The van der Waals surface area contributed by atoms with E-state index in [0.717, 1.165) is 16.7 Å². The van der Waals surface area contributed by atoms with Gasteiger partial charge in [0.2, 0.25) is 6.79 Å². The Morgan fingerprint density at radius 3 is 2.51 bits per heavy atom. The van der Waals surface area contributed by atoms with E-state index in [2.05, 4.69) is 27.8 Å². The molecule has 4 bridgehead atoms. The van der Waals surface area contributed by atoms with Crippen LogP contribution in [-0.4, -0.2) is 110 Å². The second kappa shape index (κ2) is 16.5. The van der Waals surface area contributed by atoms with E-state index in [1.165, 1.54) is 32.1 Å². The molecule has 17 nitrogen and oxygen atoms in total. The molecule has 0 saturated carbocycles. The second-order valence-electron chi connectivity index (χ2n) is 18.0. The summed E-state index contributed by atoms with van der Waals surface area (Å²) in [5.74, 6) is 1.08. The van der Waals surface area contributed by atoms with Gasteiger partial charge in [-0.25, -0.2) is 14.4 Å². The van der Waals surface area contributed by atoms with Crippen LogP contribution in [0, 0.1) is 25.2 Å². The third-order valence-corrected chi connectivity index (χ3v) is 14.7. The smallest absolute Gasteiger partial charge is 0.504 e. The number of rotatable bonds is 6. The topological polar surface area (TPSA) is 197 Å². The van der Waals surface area contributed by atoms with Crippen molar-refractivity contribution in [2.75, 3.05) is 53.6 Å². The van der Waals surface area contributed by atoms with Crippen molar-refractivity contribution >= 4 is 30.0 Å². The Balaban J connectivity index is 1.27. The van der Waals surface area contributed by atoms with Gasteiger partial charge in [-0.15, -0.1) is 11.8 Å². The first-order chi connectivity index (χ1) is 31.1. The highest BCUT2D eigenvalue weighted by Gasteiger charge is 2.62. The van der Waals surface area contributed by atoms with E-state index in [1.807, 2.05) is 20.0 Å². The van der Waals surface area contributed by atoms with Crippen molar-refractivity contribution in [1.29, 1.82) is 5.26 Å². The average Bonchev–Trinajstić information content (AvgIpc) is 3.75. The number of piperazine rings is 1. The lowest BCUT2D eigenvalue weighted by Crippen LogP contribution is -2.69. The fourth-order valence-corrected chi connectivity index (χ4v) is 12.4. The molecule has 0 amide bonds. The SMILES string of the molecule is C=CCOC(=O)Oc1c(C)c2c(c3c1[C@H]1SC[C@]4(NCCc5cc(OC(=O)OC(C)(C)C)c(OC)cc54)C(=O)OC[C@@H]3N3C1[C@H]1c4c(cc(C)c(OC)c4O)C[C@@H]([C@@H]3C#N)N1C)OCO2. The van der Waals surface area contributed by atoms with E-state index in [-0.39, 0.29) is 54.8 Å². The molecule has 18 heteroatoms. The number of nitrogens with one attached hydrogen (secondary N) is 1. The summed E-state index contributed by atoms with van der Waals surface area (Å²) in [6.45, 7) is 12.4. The number of esters is 1. The molecule has 3 aromatic rings. The van der Waals surface area contributed by atoms with Crippen molar-refractivity contribution in [3.05, 3.63) is 75.4 Å². The molecule has 0 radical (unpaired) electrons. The minimum atomic E-state index is -1.49. The molecule has 7 atom stereocenters. The van der Waals surface area contributed by atoms with Gasteiger partial charge in [0, 0.05) is 46.6 Å². The van der Waals surface area contributed by atoms with Crippen molar-refractivity contribution in [2.24, 2.45) is 0 Å². The summed E-state index contributed by atoms with van der Waals surface area (Å²) >= 11 is 1.41. The first-order valence-electron chi connectivity index (χ1n) is 21.4. The van der Waals surface area contributed by atoms with Gasteiger partial charge in [0.15, 0.2) is 40.0 Å². The fraction of sp³-hybridized carbons (Fsp3) is 0.489. The Morgan fingerprint density at radius 1 is 1.03 bits per heavy atom. The van der Waals surface area contributed by atoms with Gasteiger partial charge in [-0.3, -0.25) is 15.1 Å². The van der Waals surface area contributed by atoms with E-state index < -0.39 is 58.8 Å². The number of phenols is 1. The number of fused-ring (bicyclic) bond motifs is 9. The highest BCUT2D eigenvalue weighted by molar-refractivity contribution is 7.99. The molecular weight excluding hydrogens is 861 g/mol. The Labute approximate surface area is 380 Å². The number of likely N-dealkylation sites (N-methyl/N-ethyl adjacent to an activating group) is 1. The van der Waals surface area contributed by atoms with Crippen LogP contribution in [-0.2, 0) is 37.4 Å². The molecule has 7 heterocycles. The molecule has 7 aliphatic rings. The zero-order valence-electron chi connectivity index (χ0n) is 37.5. The van der Waals surface area contributed by atoms with Crippen LogP contribution in [0.3, 0.4) is 0 Å². The summed E-state index contributed by atoms with van der Waals surface area (Å²) in [5, 5.41) is 26.3. The molecule has 3 aromatic carbocycles. The molecular formula is C47H52N4O13S. The summed E-state index contributed by atoms with van der Waals surface area (Å²) in [6, 6.07) is 4.88. The Kier molecular flexibility index (Phi) is 11.3. The van der Waals surface area contributed by atoms with Gasteiger partial charge >= 0.3 is 18.3 Å². The maximum Gasteiger partial charge on any atom is 0.514 e. The normalized spacial score (nSPS) is 26.3. The quantitative estimate of drug-likeness (QED) is 0.120. The maximum absolute atomic E-state index is 15.1. The highest BCUT2D eigenvalue weighted by atomic mass is 32.2. The van der Waals surface area contributed by atoms with E-state index in [0.29, 0.717) is 64.5 Å². The van der Waals surface area contributed by atoms with Crippen LogP contribution < -0.4 is 33.7 Å². The van der Waals surface area contributed by atoms with Gasteiger partial charge in [0.05, 0.1) is 37.6 Å². The molecule has 10 rings (SSSR count). The number of carbonyl (C=O) groups excluding carboxylic acids is 3. The molecule has 2 saturated heterocycles. The van der Waals surface area contributed by atoms with Gasteiger partial charge in [0.25, 0.3) is 0 Å². The second-order valence-corrected chi connectivity index (χ2v) is 19.1. The summed E-state index contributed by atoms with van der Waals surface area (Å²) < 4.78 is 53.2. The van der Waals surface area contributed by atoms with Crippen LogP contribution in [0.1, 0.15) is 82.6 Å². The number of methoxy groups -OCH3 is 2. The number of nitrogens with zero attached hydrogens (tertiary/aromatic N) is 3. The predicted octanol–water partition coefficient (Wildman–Crippen LogP) is 6.37. The largest absolute Gasteiger partial charge is 0.514 e. The van der Waals surface area contributed by atoms with Crippen molar-refractivity contribution in [3.63, 3.8) is 0 Å². The first-order valence-corrected chi connectivity index (χ1v) is 22.5. The number of phenolic OH excluding ortho intramolecular Hbond substituents is 1. The van der Waals surface area contributed by atoms with Crippen molar-refractivity contribution in [2.45, 2.75) is 94.1 Å². The number of benzene rings is 3. The molecule has 65 heavy (non-hydrogen) atoms. The van der Waals surface area contributed by atoms with Gasteiger partial charge in [-0.2, -0.15) is 5.26 Å². The molecule has 2 fully saturated rings. The molecule has 2 N–H and O–H groups in total. The number of nitriles is 1. The van der Waals surface area contributed by atoms with Gasteiger partial charge in [-0.05, 0) is 88.9 Å². The van der Waals surface area contributed by atoms with Crippen LogP contribution in [0.4, 0.5) is 9.59 Å². The van der Waals surface area contributed by atoms with E-state index in [4.69, 9.17) is 42.6 Å². The monoisotopic (exact) mass is 912 g/mol. The van der Waals surface area contributed by atoms with Crippen LogP contribution >= 0.6 is 11.8 Å². The lowest BCUT2D eigenvalue weighted by atomic mass is 9.71. The van der Waals surface area contributed by atoms with E-state index in [9.17, 15) is 20.0 Å². The van der Waals surface area contributed by atoms with E-state index in [1.54, 1.807) is 39.8 Å². The Bertz CT molecular complexity index is 2550. The van der Waals surface area contributed by atoms with E-state index >= 15 is 4.79 Å². The number of thioether (sulfide) groups is 1. The number of hydrogen-bond donors (Lipinski definition) is 2. The number of aryl methyl sites for hydroxylation is 1. The Hall–Kier alpha value is -5.87. The summed E-state index contributed by atoms with van der Waals surface area (Å²) in [5.41, 5.74) is 2.91. The van der Waals surface area contributed by atoms with Crippen molar-refractivity contribution in [1.82, 2.24) is 15.1 Å². The standard InChI is InChI=1S/C47H52N4O13S/c1-10-13-58-44(54)63-39-23(3)40-41(61-21-60-40)33-29-19-59-43(53)47(26-17-30(56-8)31(16-24(26)11-12-49-47)62-45(55)64-46(4,5)6)20-65-42(34(33)39)36-35-32-25(14-22(2)38(57-9)37(32)52)15-27(50(35)7)28(18-48)51(29)36/h10,14,16-17,27-29,35-36,42,49,52H,1,11-13,15,19-21H2,2-9H3/t27-,28-,29-,35+,36?,42+,47+/m0/s1. The average molecular weight is 913 g/mol. The molecule has 344 valence electrons. The zero-order chi connectivity index (χ0) is 46.3. The summed E-state index contributed by atoms with van der Waals surface area (Å²) in [4.78, 5) is 45.8. The van der Waals surface area contributed by atoms with Gasteiger partial charge in [0.1, 0.15) is 30.6 Å². The fourth-order valence-electron chi connectivity index (χ4n) is 10.7.